The lowest BCUT2D eigenvalue weighted by Crippen LogP contribution is -2.36. The number of amides is 1. The van der Waals surface area contributed by atoms with Crippen LogP contribution in [0.25, 0.3) is 5.65 Å². The van der Waals surface area contributed by atoms with Gasteiger partial charge < -0.3 is 20.1 Å². The van der Waals surface area contributed by atoms with E-state index < -0.39 is 5.60 Å². The minimum atomic E-state index is -0.949. The van der Waals surface area contributed by atoms with Gasteiger partial charge in [-0.2, -0.15) is 9.61 Å². The van der Waals surface area contributed by atoms with Crippen LogP contribution in [0.2, 0.25) is 0 Å². The van der Waals surface area contributed by atoms with Gasteiger partial charge in [0, 0.05) is 44.5 Å². The van der Waals surface area contributed by atoms with E-state index >= 15 is 0 Å². The van der Waals surface area contributed by atoms with Gasteiger partial charge in [0.05, 0.1) is 11.8 Å². The Morgan fingerprint density at radius 2 is 1.94 bits per heavy atom. The summed E-state index contributed by atoms with van der Waals surface area (Å²) in [6, 6.07) is 10.6. The Balaban J connectivity index is 1.54. The molecule has 1 saturated heterocycles. The zero-order valence-corrected chi connectivity index (χ0v) is 18.2. The summed E-state index contributed by atoms with van der Waals surface area (Å²) in [5, 5.41) is 17.4. The van der Waals surface area contributed by atoms with E-state index in [-0.39, 0.29) is 5.91 Å². The predicted octanol–water partition coefficient (Wildman–Crippen LogP) is 3.07. The van der Waals surface area contributed by atoms with E-state index in [1.165, 1.54) is 0 Å². The third-order valence-electron chi connectivity index (χ3n) is 5.78. The molecule has 31 heavy (non-hydrogen) atoms. The van der Waals surface area contributed by atoms with Crippen LogP contribution in [0, 0.1) is 5.92 Å². The molecule has 1 aliphatic heterocycles. The normalized spacial score (nSPS) is 15.4. The van der Waals surface area contributed by atoms with Crippen molar-refractivity contribution in [1.82, 2.24) is 14.6 Å². The third-order valence-corrected chi connectivity index (χ3v) is 5.78. The Morgan fingerprint density at radius 1 is 1.23 bits per heavy atom. The molecule has 0 bridgehead atoms. The van der Waals surface area contributed by atoms with E-state index in [9.17, 15) is 9.90 Å². The molecule has 1 fully saturated rings. The fraction of sp³-hybridized carbons (Fsp3) is 0.435. The van der Waals surface area contributed by atoms with Gasteiger partial charge in [-0.1, -0.05) is 12.1 Å². The number of carbonyl (C=O) groups is 1. The van der Waals surface area contributed by atoms with Crippen molar-refractivity contribution in [3.8, 4) is 0 Å². The molecule has 4 rings (SSSR count). The first-order valence-corrected chi connectivity index (χ1v) is 10.6. The summed E-state index contributed by atoms with van der Waals surface area (Å²) in [4.78, 5) is 19.6. The number of aromatic nitrogens is 3. The van der Waals surface area contributed by atoms with Crippen molar-refractivity contribution in [2.45, 2.75) is 32.3 Å². The summed E-state index contributed by atoms with van der Waals surface area (Å²) in [7, 11) is 1.75. The molecule has 2 N–H and O–H groups in total. The van der Waals surface area contributed by atoms with Crippen LogP contribution in [-0.4, -0.2) is 52.4 Å². The number of hydrogen-bond donors (Lipinski definition) is 2. The highest BCUT2D eigenvalue weighted by Crippen LogP contribution is 2.26. The topological polar surface area (TPSA) is 92.0 Å². The van der Waals surface area contributed by atoms with Crippen molar-refractivity contribution in [2.75, 3.05) is 37.0 Å². The number of nitrogens with one attached hydrogen (secondary N) is 1. The van der Waals surface area contributed by atoms with Gasteiger partial charge in [-0.15, -0.1) is 0 Å². The minimum Gasteiger partial charge on any atom is -0.386 e. The summed E-state index contributed by atoms with van der Waals surface area (Å²) in [6.45, 7) is 6.02. The second kappa shape index (κ2) is 8.64. The molecule has 164 valence electrons. The average Bonchev–Trinajstić information content (AvgIpc) is 3.22. The smallest absolute Gasteiger partial charge is 0.256 e. The van der Waals surface area contributed by atoms with Crippen LogP contribution >= 0.6 is 0 Å². The standard InChI is InChI=1S/C23H29N5O3/c1-23(2,30)18-6-4-17(5-7-18)22(29)26-19-14-21(28-20(25-19)8-11-24-28)27-12-9-16(10-13-27)15-31-3/h4-8,11,14,16,30H,9-10,12-13,15H2,1-3H3,(H,25,26,29). The predicted molar refractivity (Wildman–Crippen MR) is 119 cm³/mol. The number of aliphatic hydroxyl groups is 1. The molecule has 2 aromatic heterocycles. The Morgan fingerprint density at radius 3 is 2.58 bits per heavy atom. The maximum Gasteiger partial charge on any atom is 0.256 e. The van der Waals surface area contributed by atoms with Crippen molar-refractivity contribution in [3.63, 3.8) is 0 Å². The van der Waals surface area contributed by atoms with Gasteiger partial charge in [-0.25, -0.2) is 4.98 Å². The van der Waals surface area contributed by atoms with Crippen molar-refractivity contribution in [1.29, 1.82) is 0 Å². The van der Waals surface area contributed by atoms with Gasteiger partial charge in [0.1, 0.15) is 11.6 Å². The lowest BCUT2D eigenvalue weighted by molar-refractivity contribution is 0.0785. The van der Waals surface area contributed by atoms with Gasteiger partial charge >= 0.3 is 0 Å². The van der Waals surface area contributed by atoms with Crippen molar-refractivity contribution < 1.29 is 14.6 Å². The quantitative estimate of drug-likeness (QED) is 0.633. The zero-order valence-electron chi connectivity index (χ0n) is 18.2. The van der Waals surface area contributed by atoms with Gasteiger partial charge in [-0.05, 0) is 50.3 Å². The number of methoxy groups -OCH3 is 1. The van der Waals surface area contributed by atoms with E-state index in [4.69, 9.17) is 4.74 Å². The van der Waals surface area contributed by atoms with Crippen LogP contribution in [0.4, 0.5) is 11.6 Å². The summed E-state index contributed by atoms with van der Waals surface area (Å²) in [6.07, 6.45) is 3.81. The summed E-state index contributed by atoms with van der Waals surface area (Å²) < 4.78 is 7.11. The Hall–Kier alpha value is -2.97. The molecule has 0 atom stereocenters. The Labute approximate surface area is 181 Å². The number of ether oxygens (including phenoxy) is 1. The first-order valence-electron chi connectivity index (χ1n) is 10.6. The number of nitrogens with zero attached hydrogens (tertiary/aromatic N) is 4. The second-order valence-electron chi connectivity index (χ2n) is 8.58. The molecule has 0 unspecified atom stereocenters. The molecule has 8 nitrogen and oxygen atoms in total. The largest absolute Gasteiger partial charge is 0.386 e. The number of carbonyl (C=O) groups excluding carboxylic acids is 1. The zero-order chi connectivity index (χ0) is 22.0. The van der Waals surface area contributed by atoms with Crippen LogP contribution in [0.1, 0.15) is 42.6 Å². The second-order valence-corrected chi connectivity index (χ2v) is 8.58. The van der Waals surface area contributed by atoms with E-state index in [2.05, 4.69) is 20.3 Å². The molecule has 0 radical (unpaired) electrons. The fourth-order valence-electron chi connectivity index (χ4n) is 3.97. The maximum absolute atomic E-state index is 12.8. The number of fused-ring (bicyclic) bond motifs is 1. The molecular formula is C23H29N5O3. The molecule has 0 aliphatic carbocycles. The molecule has 0 spiro atoms. The SMILES string of the molecule is COCC1CCN(c2cc(NC(=O)c3ccc(C(C)(C)O)cc3)nc3ccnn23)CC1. The van der Waals surface area contributed by atoms with Crippen LogP contribution in [0.3, 0.4) is 0 Å². The molecule has 3 heterocycles. The lowest BCUT2D eigenvalue weighted by Gasteiger charge is -2.33. The van der Waals surface area contributed by atoms with Crippen molar-refractivity contribution in [3.05, 3.63) is 53.7 Å². The monoisotopic (exact) mass is 423 g/mol. The summed E-state index contributed by atoms with van der Waals surface area (Å²) in [5.74, 6) is 1.72. The highest BCUT2D eigenvalue weighted by molar-refractivity contribution is 6.04. The number of anilines is 2. The van der Waals surface area contributed by atoms with Crippen molar-refractivity contribution >= 4 is 23.2 Å². The van der Waals surface area contributed by atoms with Crippen LogP contribution in [0.5, 0.6) is 0 Å². The summed E-state index contributed by atoms with van der Waals surface area (Å²) >= 11 is 0. The molecule has 1 aliphatic rings. The maximum atomic E-state index is 12.8. The van der Waals surface area contributed by atoms with Crippen molar-refractivity contribution in [2.24, 2.45) is 5.92 Å². The van der Waals surface area contributed by atoms with Crippen LogP contribution in [-0.2, 0) is 10.3 Å². The first kappa shape index (κ1) is 21.3. The van der Waals surface area contributed by atoms with E-state index in [1.54, 1.807) is 51.4 Å². The Bertz CT molecular complexity index is 1050. The van der Waals surface area contributed by atoms with Gasteiger partial charge in [0.15, 0.2) is 5.65 Å². The number of rotatable bonds is 6. The third kappa shape index (κ3) is 4.70. The lowest BCUT2D eigenvalue weighted by atomic mass is 9.97. The first-order chi connectivity index (χ1) is 14.8. The number of hydrogen-bond acceptors (Lipinski definition) is 6. The number of benzene rings is 1. The van der Waals surface area contributed by atoms with Crippen LogP contribution in [0.15, 0.2) is 42.6 Å². The molecule has 8 heteroatoms. The summed E-state index contributed by atoms with van der Waals surface area (Å²) in [5.41, 5.74) is 0.992. The molecule has 3 aromatic rings. The van der Waals surface area contributed by atoms with E-state index in [0.717, 1.165) is 43.9 Å². The fourth-order valence-corrected chi connectivity index (χ4v) is 3.97. The molecule has 1 aromatic carbocycles. The average molecular weight is 424 g/mol. The Kier molecular flexibility index (Phi) is 5.93. The molecule has 1 amide bonds. The van der Waals surface area contributed by atoms with E-state index in [0.29, 0.717) is 22.9 Å². The van der Waals surface area contributed by atoms with Crippen LogP contribution < -0.4 is 10.2 Å². The van der Waals surface area contributed by atoms with Gasteiger partial charge in [0.2, 0.25) is 0 Å². The molecule has 0 saturated carbocycles. The highest BCUT2D eigenvalue weighted by atomic mass is 16.5. The van der Waals surface area contributed by atoms with Gasteiger partial charge in [0.25, 0.3) is 5.91 Å². The number of piperidine rings is 1. The highest BCUT2D eigenvalue weighted by Gasteiger charge is 2.22. The molecular weight excluding hydrogens is 394 g/mol. The van der Waals surface area contributed by atoms with E-state index in [1.807, 2.05) is 16.6 Å². The minimum absolute atomic E-state index is 0.247. The van der Waals surface area contributed by atoms with Gasteiger partial charge in [-0.3, -0.25) is 4.79 Å².